The fourth-order valence-corrected chi connectivity index (χ4v) is 1.99. The first-order valence-corrected chi connectivity index (χ1v) is 5.80. The molecule has 1 aliphatic heterocycles. The van der Waals surface area contributed by atoms with Crippen molar-refractivity contribution in [2.24, 2.45) is 0 Å². The highest BCUT2D eigenvalue weighted by Crippen LogP contribution is 2.17. The fraction of sp³-hybridized carbons (Fsp3) is 0.583. The second-order valence-corrected chi connectivity index (χ2v) is 4.32. The lowest BCUT2D eigenvalue weighted by Crippen LogP contribution is -2.33. The van der Waals surface area contributed by atoms with Gasteiger partial charge in [0.15, 0.2) is 0 Å². The van der Waals surface area contributed by atoms with Crippen LogP contribution in [0.2, 0.25) is 0 Å². The van der Waals surface area contributed by atoms with Crippen molar-refractivity contribution in [1.82, 2.24) is 4.98 Å². The normalized spacial score (nSPS) is 20.7. The number of nitrogens with zero attached hydrogens (tertiary/aromatic N) is 2. The number of likely N-dealkylation sites (N-methyl/N-ethyl adjacent to an activating group) is 1. The van der Waals surface area contributed by atoms with E-state index in [0.717, 1.165) is 31.1 Å². The monoisotopic (exact) mass is 221 g/mol. The minimum absolute atomic E-state index is 0.335. The molecule has 16 heavy (non-hydrogen) atoms. The van der Waals surface area contributed by atoms with Crippen LogP contribution in [-0.4, -0.2) is 31.3 Å². The van der Waals surface area contributed by atoms with Crippen LogP contribution < -0.4 is 10.6 Å². The molecule has 1 fully saturated rings. The zero-order valence-electron chi connectivity index (χ0n) is 9.72. The van der Waals surface area contributed by atoms with Gasteiger partial charge in [-0.2, -0.15) is 0 Å². The standard InChI is InChI=1S/C12H19N3O/c1-15(9-11-4-2-3-7-16-11)12-8-10(13)5-6-14-12/h5-6,8,11H,2-4,7,9H2,1H3,(H2,13,14). The first-order chi connectivity index (χ1) is 7.75. The van der Waals surface area contributed by atoms with Crippen molar-refractivity contribution < 1.29 is 4.74 Å². The van der Waals surface area contributed by atoms with E-state index >= 15 is 0 Å². The molecule has 2 N–H and O–H groups in total. The van der Waals surface area contributed by atoms with Crippen LogP contribution in [0.1, 0.15) is 19.3 Å². The summed E-state index contributed by atoms with van der Waals surface area (Å²) in [5.74, 6) is 0.911. The van der Waals surface area contributed by atoms with E-state index in [9.17, 15) is 0 Å². The van der Waals surface area contributed by atoms with Gasteiger partial charge in [-0.3, -0.25) is 0 Å². The molecule has 1 unspecified atom stereocenters. The number of aromatic nitrogens is 1. The van der Waals surface area contributed by atoms with Crippen LogP contribution in [0.25, 0.3) is 0 Å². The third kappa shape index (κ3) is 2.85. The molecule has 0 aromatic carbocycles. The summed E-state index contributed by atoms with van der Waals surface area (Å²) < 4.78 is 5.70. The lowest BCUT2D eigenvalue weighted by Gasteiger charge is -2.28. The molecule has 1 atom stereocenters. The fourth-order valence-electron chi connectivity index (χ4n) is 1.99. The number of hydrogen-bond donors (Lipinski definition) is 1. The lowest BCUT2D eigenvalue weighted by molar-refractivity contribution is 0.0215. The molecule has 0 aliphatic carbocycles. The van der Waals surface area contributed by atoms with E-state index in [1.165, 1.54) is 12.8 Å². The van der Waals surface area contributed by atoms with E-state index in [1.54, 1.807) is 12.3 Å². The minimum Gasteiger partial charge on any atom is -0.399 e. The predicted octanol–water partition coefficient (Wildman–Crippen LogP) is 1.67. The Balaban J connectivity index is 1.94. The molecule has 1 aromatic rings. The van der Waals surface area contributed by atoms with Gasteiger partial charge in [0.1, 0.15) is 5.82 Å². The van der Waals surface area contributed by atoms with Gasteiger partial charge >= 0.3 is 0 Å². The van der Waals surface area contributed by atoms with Gasteiger partial charge in [0.2, 0.25) is 0 Å². The lowest BCUT2D eigenvalue weighted by atomic mass is 10.1. The summed E-state index contributed by atoms with van der Waals surface area (Å²) in [6.07, 6.45) is 5.68. The summed E-state index contributed by atoms with van der Waals surface area (Å²) >= 11 is 0. The van der Waals surface area contributed by atoms with E-state index in [1.807, 2.05) is 13.1 Å². The van der Waals surface area contributed by atoms with Gasteiger partial charge in [-0.15, -0.1) is 0 Å². The summed E-state index contributed by atoms with van der Waals surface area (Å²) in [4.78, 5) is 6.40. The summed E-state index contributed by atoms with van der Waals surface area (Å²) in [6.45, 7) is 1.78. The average Bonchev–Trinajstić information content (AvgIpc) is 2.30. The second kappa shape index (κ2) is 5.16. The van der Waals surface area contributed by atoms with Gasteiger partial charge < -0.3 is 15.4 Å². The maximum absolute atomic E-state index is 5.73. The van der Waals surface area contributed by atoms with Gasteiger partial charge in [0.25, 0.3) is 0 Å². The highest BCUT2D eigenvalue weighted by atomic mass is 16.5. The number of nitrogen functional groups attached to an aromatic ring is 1. The number of ether oxygens (including phenoxy) is 1. The minimum atomic E-state index is 0.335. The van der Waals surface area contributed by atoms with E-state index in [-0.39, 0.29) is 0 Å². The molecule has 2 rings (SSSR count). The third-order valence-electron chi connectivity index (χ3n) is 2.91. The van der Waals surface area contributed by atoms with Gasteiger partial charge in [0, 0.05) is 38.1 Å². The van der Waals surface area contributed by atoms with Gasteiger partial charge in [-0.25, -0.2) is 4.98 Å². The highest BCUT2D eigenvalue weighted by molar-refractivity contribution is 5.49. The van der Waals surface area contributed by atoms with Crippen LogP contribution in [-0.2, 0) is 4.74 Å². The first-order valence-electron chi connectivity index (χ1n) is 5.80. The number of pyridine rings is 1. The van der Waals surface area contributed by atoms with Crippen LogP contribution in [0, 0.1) is 0 Å². The molecule has 1 saturated heterocycles. The van der Waals surface area contributed by atoms with Gasteiger partial charge in [0.05, 0.1) is 6.10 Å². The van der Waals surface area contributed by atoms with Gasteiger partial charge in [-0.1, -0.05) is 0 Å². The van der Waals surface area contributed by atoms with Crippen molar-refractivity contribution in [3.05, 3.63) is 18.3 Å². The molecule has 0 saturated carbocycles. The molecular weight excluding hydrogens is 202 g/mol. The smallest absolute Gasteiger partial charge is 0.130 e. The molecule has 2 heterocycles. The van der Waals surface area contributed by atoms with Crippen LogP contribution in [0.3, 0.4) is 0 Å². The molecule has 0 amide bonds. The van der Waals surface area contributed by atoms with Crippen LogP contribution in [0.4, 0.5) is 11.5 Å². The maximum Gasteiger partial charge on any atom is 0.130 e. The Labute approximate surface area is 96.4 Å². The SMILES string of the molecule is CN(CC1CCCCO1)c1cc(N)ccn1. The summed E-state index contributed by atoms with van der Waals surface area (Å²) in [5, 5.41) is 0. The molecule has 0 spiro atoms. The molecule has 0 radical (unpaired) electrons. The number of nitrogens with two attached hydrogens (primary N) is 1. The molecule has 1 aliphatic rings. The molecule has 4 heteroatoms. The van der Waals surface area contributed by atoms with Crippen molar-refractivity contribution in [2.45, 2.75) is 25.4 Å². The summed E-state index contributed by atoms with van der Waals surface area (Å²) in [6, 6.07) is 3.69. The van der Waals surface area contributed by atoms with Crippen molar-refractivity contribution in [2.75, 3.05) is 30.8 Å². The maximum atomic E-state index is 5.73. The molecule has 88 valence electrons. The predicted molar refractivity (Wildman–Crippen MR) is 65.5 cm³/mol. The van der Waals surface area contributed by atoms with E-state index in [2.05, 4.69) is 9.88 Å². The van der Waals surface area contributed by atoms with Crippen LogP contribution >= 0.6 is 0 Å². The number of anilines is 2. The molecule has 1 aromatic heterocycles. The third-order valence-corrected chi connectivity index (χ3v) is 2.91. The van der Waals surface area contributed by atoms with Crippen molar-refractivity contribution in [3.8, 4) is 0 Å². The van der Waals surface area contributed by atoms with Crippen molar-refractivity contribution >= 4 is 11.5 Å². The Morgan fingerprint density at radius 1 is 1.56 bits per heavy atom. The molecule has 4 nitrogen and oxygen atoms in total. The summed E-state index contributed by atoms with van der Waals surface area (Å²) in [5.41, 5.74) is 6.48. The van der Waals surface area contributed by atoms with Crippen molar-refractivity contribution in [1.29, 1.82) is 0 Å². The quantitative estimate of drug-likeness (QED) is 0.843. The average molecular weight is 221 g/mol. The Morgan fingerprint density at radius 3 is 3.12 bits per heavy atom. The zero-order valence-corrected chi connectivity index (χ0v) is 9.72. The Morgan fingerprint density at radius 2 is 2.44 bits per heavy atom. The van der Waals surface area contributed by atoms with Gasteiger partial charge in [-0.05, 0) is 25.3 Å². The molecular formula is C12H19N3O. The topological polar surface area (TPSA) is 51.4 Å². The Kier molecular flexibility index (Phi) is 3.62. The number of hydrogen-bond acceptors (Lipinski definition) is 4. The second-order valence-electron chi connectivity index (χ2n) is 4.32. The first kappa shape index (κ1) is 11.2. The van der Waals surface area contributed by atoms with E-state index in [4.69, 9.17) is 10.5 Å². The zero-order chi connectivity index (χ0) is 11.4. The summed E-state index contributed by atoms with van der Waals surface area (Å²) in [7, 11) is 2.03. The Bertz CT molecular complexity index is 337. The van der Waals surface area contributed by atoms with Crippen LogP contribution in [0.5, 0.6) is 0 Å². The number of rotatable bonds is 3. The largest absolute Gasteiger partial charge is 0.399 e. The molecule has 0 bridgehead atoms. The van der Waals surface area contributed by atoms with E-state index in [0.29, 0.717) is 6.10 Å². The Hall–Kier alpha value is -1.29. The van der Waals surface area contributed by atoms with E-state index < -0.39 is 0 Å². The highest BCUT2D eigenvalue weighted by Gasteiger charge is 2.16. The van der Waals surface area contributed by atoms with Crippen molar-refractivity contribution in [3.63, 3.8) is 0 Å². The van der Waals surface area contributed by atoms with Crippen LogP contribution in [0.15, 0.2) is 18.3 Å².